The van der Waals surface area contributed by atoms with E-state index in [1.807, 2.05) is 24.3 Å². The summed E-state index contributed by atoms with van der Waals surface area (Å²) in [6, 6.07) is 9.41. The molecule has 4 heterocycles. The SMILES string of the molecule is Cc1nccc(CC(=O)c2nc3cc4c(-c5ccncc5)n[nH]c4cc3[nH]2)n1. The molecular weight excluding hydrogens is 354 g/mol. The molecule has 136 valence electrons. The molecule has 0 amide bonds. The Morgan fingerprint density at radius 1 is 1.04 bits per heavy atom. The molecule has 4 aromatic heterocycles. The minimum absolute atomic E-state index is 0.120. The van der Waals surface area contributed by atoms with Crippen molar-refractivity contribution in [3.8, 4) is 11.3 Å². The molecule has 8 heteroatoms. The van der Waals surface area contributed by atoms with Gasteiger partial charge in [0.1, 0.15) is 11.5 Å². The molecule has 1 aromatic carbocycles. The van der Waals surface area contributed by atoms with Crippen molar-refractivity contribution >= 4 is 27.7 Å². The lowest BCUT2D eigenvalue weighted by molar-refractivity contribution is 0.0983. The summed E-state index contributed by atoms with van der Waals surface area (Å²) in [6.07, 6.45) is 5.29. The van der Waals surface area contributed by atoms with E-state index in [0.717, 1.165) is 27.7 Å². The van der Waals surface area contributed by atoms with Crippen LogP contribution in [-0.2, 0) is 6.42 Å². The highest BCUT2D eigenvalue weighted by Gasteiger charge is 2.16. The molecular formula is C20H15N7O. The van der Waals surface area contributed by atoms with Gasteiger partial charge in [-0.25, -0.2) is 15.0 Å². The number of nitrogens with zero attached hydrogens (tertiary/aromatic N) is 5. The first kappa shape index (κ1) is 16.2. The first-order valence-electron chi connectivity index (χ1n) is 8.77. The molecule has 0 aliphatic carbocycles. The summed E-state index contributed by atoms with van der Waals surface area (Å²) >= 11 is 0. The van der Waals surface area contributed by atoms with Gasteiger partial charge in [-0.2, -0.15) is 5.10 Å². The number of pyridine rings is 1. The van der Waals surface area contributed by atoms with Crippen LogP contribution in [0.5, 0.6) is 0 Å². The predicted octanol–water partition coefficient (Wildman–Crippen LogP) is 3.03. The molecule has 0 radical (unpaired) electrons. The van der Waals surface area contributed by atoms with Crippen molar-refractivity contribution in [3.05, 3.63) is 66.3 Å². The number of aryl methyl sites for hydroxylation is 1. The maximum Gasteiger partial charge on any atom is 0.204 e. The number of fused-ring (bicyclic) bond motifs is 2. The lowest BCUT2D eigenvalue weighted by Gasteiger charge is -1.98. The van der Waals surface area contributed by atoms with Crippen molar-refractivity contribution in [1.82, 2.24) is 35.1 Å². The third kappa shape index (κ3) is 2.81. The Kier molecular flexibility index (Phi) is 3.68. The fourth-order valence-corrected chi connectivity index (χ4v) is 3.24. The fourth-order valence-electron chi connectivity index (χ4n) is 3.24. The van der Waals surface area contributed by atoms with Gasteiger partial charge < -0.3 is 4.98 Å². The minimum Gasteiger partial charge on any atom is -0.335 e. The Hall–Kier alpha value is -3.94. The Morgan fingerprint density at radius 2 is 1.89 bits per heavy atom. The number of hydrogen-bond donors (Lipinski definition) is 2. The average molecular weight is 369 g/mol. The number of benzene rings is 1. The summed E-state index contributed by atoms with van der Waals surface area (Å²) in [5.41, 5.74) is 4.83. The number of aromatic nitrogens is 7. The summed E-state index contributed by atoms with van der Waals surface area (Å²) in [7, 11) is 0. The van der Waals surface area contributed by atoms with Gasteiger partial charge in [-0.05, 0) is 37.3 Å². The van der Waals surface area contributed by atoms with E-state index in [0.29, 0.717) is 22.9 Å². The van der Waals surface area contributed by atoms with Gasteiger partial charge in [0.15, 0.2) is 5.82 Å². The van der Waals surface area contributed by atoms with Crippen LogP contribution < -0.4 is 0 Å². The predicted molar refractivity (Wildman–Crippen MR) is 104 cm³/mol. The Balaban J connectivity index is 1.53. The van der Waals surface area contributed by atoms with Crippen LogP contribution in [0.15, 0.2) is 48.9 Å². The van der Waals surface area contributed by atoms with Crippen molar-refractivity contribution in [3.63, 3.8) is 0 Å². The summed E-state index contributed by atoms with van der Waals surface area (Å²) in [6.45, 7) is 1.80. The van der Waals surface area contributed by atoms with E-state index < -0.39 is 0 Å². The molecule has 0 bridgehead atoms. The molecule has 2 N–H and O–H groups in total. The lowest BCUT2D eigenvalue weighted by atomic mass is 10.1. The molecule has 0 saturated carbocycles. The molecule has 0 atom stereocenters. The van der Waals surface area contributed by atoms with Gasteiger partial charge in [-0.1, -0.05) is 0 Å². The van der Waals surface area contributed by atoms with E-state index >= 15 is 0 Å². The zero-order valence-electron chi connectivity index (χ0n) is 15.0. The van der Waals surface area contributed by atoms with E-state index in [1.165, 1.54) is 0 Å². The Morgan fingerprint density at radius 3 is 2.71 bits per heavy atom. The number of nitrogens with one attached hydrogen (secondary N) is 2. The lowest BCUT2D eigenvalue weighted by Crippen LogP contribution is -2.07. The quantitative estimate of drug-likeness (QED) is 0.471. The Bertz CT molecular complexity index is 1320. The van der Waals surface area contributed by atoms with Crippen LogP contribution in [0.2, 0.25) is 0 Å². The minimum atomic E-state index is -0.120. The van der Waals surface area contributed by atoms with Crippen molar-refractivity contribution < 1.29 is 4.79 Å². The molecule has 0 fully saturated rings. The standard InChI is InChI=1S/C20H15N7O/c1-11-22-7-4-13(23-11)8-18(28)20-24-16-9-14-15(10-17(16)25-20)26-27-19(14)12-2-5-21-6-3-12/h2-7,9-10H,8H2,1H3,(H,24,25)(H,26,27). The average Bonchev–Trinajstić information content (AvgIpc) is 3.30. The van der Waals surface area contributed by atoms with Crippen molar-refractivity contribution in [2.45, 2.75) is 13.3 Å². The molecule has 0 aliphatic heterocycles. The van der Waals surface area contributed by atoms with Crippen LogP contribution in [0.4, 0.5) is 0 Å². The fraction of sp³-hybridized carbons (Fsp3) is 0.100. The number of hydrogen-bond acceptors (Lipinski definition) is 6. The second-order valence-electron chi connectivity index (χ2n) is 6.50. The van der Waals surface area contributed by atoms with Gasteiger partial charge in [0.25, 0.3) is 0 Å². The first-order valence-corrected chi connectivity index (χ1v) is 8.77. The van der Waals surface area contributed by atoms with Crippen molar-refractivity contribution in [2.75, 3.05) is 0 Å². The number of Topliss-reactive ketones (excluding diaryl/α,β-unsaturated/α-hetero) is 1. The van der Waals surface area contributed by atoms with E-state index in [2.05, 4.69) is 35.1 Å². The van der Waals surface area contributed by atoms with Gasteiger partial charge in [0.2, 0.25) is 5.78 Å². The normalized spacial score (nSPS) is 11.3. The van der Waals surface area contributed by atoms with Crippen LogP contribution in [0.1, 0.15) is 22.1 Å². The van der Waals surface area contributed by atoms with E-state index in [9.17, 15) is 4.79 Å². The van der Waals surface area contributed by atoms with Gasteiger partial charge in [0, 0.05) is 29.5 Å². The second-order valence-corrected chi connectivity index (χ2v) is 6.50. The number of H-pyrrole nitrogens is 2. The molecule has 0 unspecified atom stereocenters. The molecule has 8 nitrogen and oxygen atoms in total. The van der Waals surface area contributed by atoms with E-state index in [1.54, 1.807) is 31.6 Å². The highest BCUT2D eigenvalue weighted by atomic mass is 16.1. The van der Waals surface area contributed by atoms with Crippen LogP contribution in [0, 0.1) is 6.92 Å². The summed E-state index contributed by atoms with van der Waals surface area (Å²) in [5.74, 6) is 0.836. The topological polar surface area (TPSA) is 113 Å². The van der Waals surface area contributed by atoms with Gasteiger partial charge in [-0.15, -0.1) is 0 Å². The van der Waals surface area contributed by atoms with E-state index in [-0.39, 0.29) is 12.2 Å². The molecule has 28 heavy (non-hydrogen) atoms. The van der Waals surface area contributed by atoms with E-state index in [4.69, 9.17) is 0 Å². The summed E-state index contributed by atoms with van der Waals surface area (Å²) in [4.78, 5) is 32.6. The van der Waals surface area contributed by atoms with Gasteiger partial charge >= 0.3 is 0 Å². The number of ketones is 1. The van der Waals surface area contributed by atoms with Crippen molar-refractivity contribution in [1.29, 1.82) is 0 Å². The maximum absolute atomic E-state index is 12.6. The zero-order valence-corrected chi connectivity index (χ0v) is 15.0. The van der Waals surface area contributed by atoms with Crippen LogP contribution in [0.3, 0.4) is 0 Å². The Labute approximate surface area is 159 Å². The largest absolute Gasteiger partial charge is 0.335 e. The number of imidazole rings is 1. The number of carbonyl (C=O) groups is 1. The van der Waals surface area contributed by atoms with Gasteiger partial charge in [0.05, 0.1) is 28.7 Å². The second kappa shape index (κ2) is 6.34. The maximum atomic E-state index is 12.6. The number of aromatic amines is 2. The number of rotatable bonds is 4. The van der Waals surface area contributed by atoms with Gasteiger partial charge in [-0.3, -0.25) is 14.9 Å². The molecule has 0 spiro atoms. The first-order chi connectivity index (χ1) is 13.7. The zero-order chi connectivity index (χ0) is 19.1. The molecule has 5 aromatic rings. The van der Waals surface area contributed by atoms with Crippen LogP contribution >= 0.6 is 0 Å². The molecule has 0 saturated heterocycles. The third-order valence-electron chi connectivity index (χ3n) is 4.56. The molecule has 0 aliphatic rings. The highest BCUT2D eigenvalue weighted by Crippen LogP contribution is 2.28. The smallest absolute Gasteiger partial charge is 0.204 e. The van der Waals surface area contributed by atoms with Crippen LogP contribution in [-0.4, -0.2) is 40.9 Å². The van der Waals surface area contributed by atoms with Crippen molar-refractivity contribution in [2.24, 2.45) is 0 Å². The summed E-state index contributed by atoms with van der Waals surface area (Å²) in [5, 5.41) is 8.40. The third-order valence-corrected chi connectivity index (χ3v) is 4.56. The highest BCUT2D eigenvalue weighted by molar-refractivity contribution is 6.03. The van der Waals surface area contributed by atoms with Crippen LogP contribution in [0.25, 0.3) is 33.2 Å². The monoisotopic (exact) mass is 369 g/mol. The number of carbonyl (C=O) groups excluding carboxylic acids is 1. The molecule has 5 rings (SSSR count). The summed E-state index contributed by atoms with van der Waals surface area (Å²) < 4.78 is 0.